The fraction of sp³-hybridized carbons (Fsp3) is 0.167. The van der Waals surface area contributed by atoms with Gasteiger partial charge in [0.25, 0.3) is 0 Å². The Hall–Kier alpha value is -2.01. The molecule has 0 saturated carbocycles. The molecule has 2 N–H and O–H groups in total. The van der Waals surface area contributed by atoms with E-state index in [1.54, 1.807) is 32.4 Å². The van der Waals surface area contributed by atoms with Crippen molar-refractivity contribution >= 4 is 28.9 Å². The van der Waals surface area contributed by atoms with Gasteiger partial charge in [0.2, 0.25) is 0 Å². The summed E-state index contributed by atoms with van der Waals surface area (Å²) in [5, 5.41) is 6.66. The number of hydrogen-bond acceptors (Lipinski definition) is 5. The van der Waals surface area contributed by atoms with Gasteiger partial charge in [-0.25, -0.2) is 9.97 Å². The molecule has 0 unspecified atom stereocenters. The molecule has 0 fully saturated rings. The van der Waals surface area contributed by atoms with E-state index in [0.717, 1.165) is 17.3 Å². The van der Waals surface area contributed by atoms with Crippen LogP contribution in [0.1, 0.15) is 0 Å². The zero-order chi connectivity index (χ0) is 13.0. The quantitative estimate of drug-likeness (QED) is 0.889. The zero-order valence-electron chi connectivity index (χ0n) is 10.1. The van der Waals surface area contributed by atoms with Crippen LogP contribution in [0.15, 0.2) is 30.6 Å². The first-order valence-electron chi connectivity index (χ1n) is 5.33. The lowest BCUT2D eigenvalue weighted by Gasteiger charge is -2.10. The summed E-state index contributed by atoms with van der Waals surface area (Å²) in [6.45, 7) is 0. The predicted octanol–water partition coefficient (Wildman–Crippen LogP) is 2.92. The summed E-state index contributed by atoms with van der Waals surface area (Å²) in [5.74, 6) is 2.11. The summed E-state index contributed by atoms with van der Waals surface area (Å²) in [6, 6.07) is 7.16. The molecule has 2 rings (SSSR count). The normalized spacial score (nSPS) is 9.94. The van der Waals surface area contributed by atoms with Gasteiger partial charge in [-0.3, -0.25) is 0 Å². The van der Waals surface area contributed by atoms with Crippen LogP contribution < -0.4 is 15.4 Å². The summed E-state index contributed by atoms with van der Waals surface area (Å²) in [4.78, 5) is 8.15. The number of anilines is 3. The third-order valence-electron chi connectivity index (χ3n) is 2.36. The molecule has 2 aromatic rings. The van der Waals surface area contributed by atoms with Crippen molar-refractivity contribution in [2.45, 2.75) is 0 Å². The maximum Gasteiger partial charge on any atom is 0.135 e. The molecule has 0 radical (unpaired) electrons. The second-order valence-electron chi connectivity index (χ2n) is 3.51. The molecule has 0 aliphatic rings. The van der Waals surface area contributed by atoms with Gasteiger partial charge in [0.15, 0.2) is 0 Å². The van der Waals surface area contributed by atoms with E-state index in [9.17, 15) is 0 Å². The van der Waals surface area contributed by atoms with Crippen LogP contribution in [0.3, 0.4) is 0 Å². The number of methoxy groups -OCH3 is 1. The van der Waals surface area contributed by atoms with Gasteiger partial charge in [0.05, 0.1) is 17.8 Å². The predicted molar refractivity (Wildman–Crippen MR) is 72.9 cm³/mol. The minimum Gasteiger partial charge on any atom is -0.497 e. The van der Waals surface area contributed by atoms with Crippen LogP contribution in [-0.2, 0) is 0 Å². The molecule has 5 nitrogen and oxygen atoms in total. The number of halogens is 1. The van der Waals surface area contributed by atoms with E-state index in [2.05, 4.69) is 20.6 Å². The molecule has 0 bridgehead atoms. The third-order valence-corrected chi connectivity index (χ3v) is 2.69. The molecule has 18 heavy (non-hydrogen) atoms. The van der Waals surface area contributed by atoms with E-state index in [-0.39, 0.29) is 0 Å². The second kappa shape index (κ2) is 5.55. The largest absolute Gasteiger partial charge is 0.497 e. The monoisotopic (exact) mass is 264 g/mol. The Balaban J connectivity index is 2.27. The van der Waals surface area contributed by atoms with Crippen LogP contribution in [-0.4, -0.2) is 24.1 Å². The van der Waals surface area contributed by atoms with Crippen LogP contribution in [0, 0.1) is 0 Å². The summed E-state index contributed by atoms with van der Waals surface area (Å²) in [6.07, 6.45) is 1.47. The molecule has 0 atom stereocenters. The van der Waals surface area contributed by atoms with Gasteiger partial charge in [0.1, 0.15) is 23.7 Å². The lowest BCUT2D eigenvalue weighted by atomic mass is 10.3. The van der Waals surface area contributed by atoms with Crippen molar-refractivity contribution < 1.29 is 4.74 Å². The van der Waals surface area contributed by atoms with Crippen LogP contribution in [0.5, 0.6) is 5.75 Å². The fourth-order valence-corrected chi connectivity index (χ4v) is 1.59. The fourth-order valence-electron chi connectivity index (χ4n) is 1.43. The first-order chi connectivity index (χ1) is 8.72. The summed E-state index contributed by atoms with van der Waals surface area (Å²) in [7, 11) is 3.40. The van der Waals surface area contributed by atoms with Crippen molar-refractivity contribution in [3.63, 3.8) is 0 Å². The van der Waals surface area contributed by atoms with E-state index in [1.807, 2.05) is 6.07 Å². The van der Waals surface area contributed by atoms with Crippen molar-refractivity contribution in [1.29, 1.82) is 0 Å². The number of benzene rings is 1. The Bertz CT molecular complexity index is 547. The number of nitrogens with zero attached hydrogens (tertiary/aromatic N) is 2. The number of nitrogens with one attached hydrogen (secondary N) is 2. The molecule has 0 saturated heterocycles. The Kier molecular flexibility index (Phi) is 3.84. The van der Waals surface area contributed by atoms with Crippen molar-refractivity contribution in [3.8, 4) is 5.75 Å². The smallest absolute Gasteiger partial charge is 0.135 e. The SMILES string of the molecule is CNc1cc(Nc2cc(OC)ccc2Cl)ncn1. The van der Waals surface area contributed by atoms with Crippen LogP contribution in [0.4, 0.5) is 17.3 Å². The molecule has 1 aromatic heterocycles. The topological polar surface area (TPSA) is 59.1 Å². The summed E-state index contributed by atoms with van der Waals surface area (Å²) < 4.78 is 5.15. The van der Waals surface area contributed by atoms with Gasteiger partial charge < -0.3 is 15.4 Å². The highest BCUT2D eigenvalue weighted by Gasteiger charge is 2.04. The van der Waals surface area contributed by atoms with Crippen LogP contribution in [0.25, 0.3) is 0 Å². The van der Waals surface area contributed by atoms with Crippen LogP contribution in [0.2, 0.25) is 5.02 Å². The van der Waals surface area contributed by atoms with Gasteiger partial charge in [-0.1, -0.05) is 11.6 Å². The number of ether oxygens (including phenoxy) is 1. The lowest BCUT2D eigenvalue weighted by Crippen LogP contribution is -1.98. The minimum absolute atomic E-state index is 0.598. The van der Waals surface area contributed by atoms with Crippen LogP contribution >= 0.6 is 11.6 Å². The second-order valence-corrected chi connectivity index (χ2v) is 3.92. The van der Waals surface area contributed by atoms with Crippen molar-refractivity contribution in [3.05, 3.63) is 35.6 Å². The molecular formula is C12H13ClN4O. The first kappa shape index (κ1) is 12.4. The van der Waals surface area contributed by atoms with Gasteiger partial charge in [-0.15, -0.1) is 0 Å². The maximum absolute atomic E-state index is 6.10. The van der Waals surface area contributed by atoms with E-state index in [1.165, 1.54) is 6.33 Å². The van der Waals surface area contributed by atoms with E-state index >= 15 is 0 Å². The van der Waals surface area contributed by atoms with Gasteiger partial charge in [0, 0.05) is 19.2 Å². The molecule has 0 spiro atoms. The van der Waals surface area contributed by atoms with Gasteiger partial charge >= 0.3 is 0 Å². The molecule has 94 valence electrons. The third kappa shape index (κ3) is 2.81. The Morgan fingerprint density at radius 1 is 1.17 bits per heavy atom. The average molecular weight is 265 g/mol. The molecule has 0 aliphatic carbocycles. The standard InChI is InChI=1S/C12H13ClN4O/c1-14-11-6-12(16-7-15-11)17-10-5-8(18-2)3-4-9(10)13/h3-7H,1-2H3,(H2,14,15,16,17). The Labute approximate surface area is 110 Å². The molecule has 6 heteroatoms. The molecular weight excluding hydrogens is 252 g/mol. The van der Waals surface area contributed by atoms with Crippen molar-refractivity contribution in [2.75, 3.05) is 24.8 Å². The molecule has 1 aromatic carbocycles. The molecule has 1 heterocycles. The van der Waals surface area contributed by atoms with E-state index in [0.29, 0.717) is 10.8 Å². The minimum atomic E-state index is 0.598. The van der Waals surface area contributed by atoms with Gasteiger partial charge in [-0.05, 0) is 12.1 Å². The van der Waals surface area contributed by atoms with E-state index in [4.69, 9.17) is 16.3 Å². The van der Waals surface area contributed by atoms with E-state index < -0.39 is 0 Å². The number of aromatic nitrogens is 2. The van der Waals surface area contributed by atoms with Crippen molar-refractivity contribution in [2.24, 2.45) is 0 Å². The zero-order valence-corrected chi connectivity index (χ0v) is 10.8. The molecule has 0 amide bonds. The molecule has 0 aliphatic heterocycles. The van der Waals surface area contributed by atoms with Crippen molar-refractivity contribution in [1.82, 2.24) is 9.97 Å². The van der Waals surface area contributed by atoms with Gasteiger partial charge in [-0.2, -0.15) is 0 Å². The maximum atomic E-state index is 6.10. The first-order valence-corrected chi connectivity index (χ1v) is 5.71. The Morgan fingerprint density at radius 2 is 1.94 bits per heavy atom. The highest BCUT2D eigenvalue weighted by molar-refractivity contribution is 6.33. The highest BCUT2D eigenvalue weighted by atomic mass is 35.5. The number of hydrogen-bond donors (Lipinski definition) is 2. The average Bonchev–Trinajstić information content (AvgIpc) is 2.41. The lowest BCUT2D eigenvalue weighted by molar-refractivity contribution is 0.415. The highest BCUT2D eigenvalue weighted by Crippen LogP contribution is 2.29. The summed E-state index contributed by atoms with van der Waals surface area (Å²) in [5.41, 5.74) is 0.733. The number of rotatable bonds is 4. The summed E-state index contributed by atoms with van der Waals surface area (Å²) >= 11 is 6.10. The Morgan fingerprint density at radius 3 is 2.67 bits per heavy atom.